The van der Waals surface area contributed by atoms with E-state index in [4.69, 9.17) is 10.00 Å². The van der Waals surface area contributed by atoms with Gasteiger partial charge < -0.3 is 9.84 Å². The maximum atomic E-state index is 9.36. The normalized spacial score (nSPS) is 16.1. The minimum Gasteiger partial charge on any atom is -0.492 e. The molecule has 1 aromatic rings. The molecule has 96 valence electrons. The number of rotatable bonds is 5. The highest BCUT2D eigenvalue weighted by atomic mass is 79.9. The maximum Gasteiger partial charge on any atom is 0.127 e. The van der Waals surface area contributed by atoms with Crippen molar-refractivity contribution in [2.45, 2.75) is 32.8 Å². The molecule has 1 aliphatic rings. The fourth-order valence-electron chi connectivity index (χ4n) is 2.07. The van der Waals surface area contributed by atoms with Gasteiger partial charge in [-0.2, -0.15) is 5.26 Å². The third-order valence-corrected chi connectivity index (χ3v) is 3.88. The van der Waals surface area contributed by atoms with Gasteiger partial charge in [-0.3, -0.25) is 0 Å². The Balaban J connectivity index is 2.12. The summed E-state index contributed by atoms with van der Waals surface area (Å²) in [7, 11) is 0. The van der Waals surface area contributed by atoms with Crippen LogP contribution in [0.2, 0.25) is 0 Å². The highest BCUT2D eigenvalue weighted by Crippen LogP contribution is 2.49. The van der Waals surface area contributed by atoms with Crippen molar-refractivity contribution in [2.75, 3.05) is 6.61 Å². The van der Waals surface area contributed by atoms with Crippen molar-refractivity contribution in [3.05, 3.63) is 27.7 Å². The van der Waals surface area contributed by atoms with Crippen LogP contribution >= 0.6 is 15.9 Å². The summed E-state index contributed by atoms with van der Waals surface area (Å²) >= 11 is 3.41. The summed E-state index contributed by atoms with van der Waals surface area (Å²) in [5, 5.41) is 18.1. The van der Waals surface area contributed by atoms with E-state index in [-0.39, 0.29) is 12.0 Å². The fourth-order valence-corrected chi connectivity index (χ4v) is 2.68. The van der Waals surface area contributed by atoms with Gasteiger partial charge >= 0.3 is 0 Å². The highest BCUT2D eigenvalue weighted by Gasteiger charge is 2.43. The summed E-state index contributed by atoms with van der Waals surface area (Å²) in [6.07, 6.45) is 2.67. The standard InChI is InChI=1S/C14H16BrNO2/c1-10-6-12(15)7-11(8-17)13(10)18-9-14(2-3-14)4-5-16/h6-7,17H,2-4,8-9H2,1H3. The van der Waals surface area contributed by atoms with Gasteiger partial charge in [0.05, 0.1) is 19.3 Å². The molecular formula is C14H16BrNO2. The quantitative estimate of drug-likeness (QED) is 0.907. The lowest BCUT2D eigenvalue weighted by atomic mass is 10.1. The molecule has 4 heteroatoms. The van der Waals surface area contributed by atoms with Gasteiger partial charge in [0.25, 0.3) is 0 Å². The number of aliphatic hydroxyl groups is 1. The third-order valence-electron chi connectivity index (χ3n) is 3.42. The zero-order chi connectivity index (χ0) is 13.2. The van der Waals surface area contributed by atoms with Gasteiger partial charge in [0, 0.05) is 21.9 Å². The number of halogens is 1. The molecule has 2 rings (SSSR count). The van der Waals surface area contributed by atoms with Crippen LogP contribution in [0.4, 0.5) is 0 Å². The van der Waals surface area contributed by atoms with E-state index >= 15 is 0 Å². The molecule has 3 nitrogen and oxygen atoms in total. The molecule has 1 N–H and O–H groups in total. The van der Waals surface area contributed by atoms with Crippen LogP contribution in [0, 0.1) is 23.7 Å². The second kappa shape index (κ2) is 5.29. The van der Waals surface area contributed by atoms with Crippen LogP contribution < -0.4 is 4.74 Å². The fraction of sp³-hybridized carbons (Fsp3) is 0.500. The molecular weight excluding hydrogens is 294 g/mol. The summed E-state index contributed by atoms with van der Waals surface area (Å²) in [5.74, 6) is 0.755. The Kier molecular flexibility index (Phi) is 3.94. The average Bonchev–Trinajstić information content (AvgIpc) is 3.07. The van der Waals surface area contributed by atoms with E-state index in [0.29, 0.717) is 13.0 Å². The number of hydrogen-bond acceptors (Lipinski definition) is 3. The second-order valence-electron chi connectivity index (χ2n) is 4.99. The van der Waals surface area contributed by atoms with Gasteiger partial charge in [-0.05, 0) is 37.5 Å². The molecule has 1 fully saturated rings. The molecule has 18 heavy (non-hydrogen) atoms. The van der Waals surface area contributed by atoms with E-state index < -0.39 is 0 Å². The Morgan fingerprint density at radius 3 is 2.78 bits per heavy atom. The molecule has 0 atom stereocenters. The third kappa shape index (κ3) is 2.85. The number of benzene rings is 1. The molecule has 0 heterocycles. The average molecular weight is 310 g/mol. The summed E-state index contributed by atoms with van der Waals surface area (Å²) < 4.78 is 6.80. The first-order chi connectivity index (χ1) is 8.60. The summed E-state index contributed by atoms with van der Waals surface area (Å²) in [5.41, 5.74) is 1.84. The number of aliphatic hydroxyl groups excluding tert-OH is 1. The molecule has 0 aliphatic heterocycles. The molecule has 0 unspecified atom stereocenters. The van der Waals surface area contributed by atoms with Crippen LogP contribution in [0.1, 0.15) is 30.4 Å². The minimum absolute atomic E-state index is 0.0408. The first kappa shape index (κ1) is 13.4. The molecule has 0 bridgehead atoms. The molecule has 1 aliphatic carbocycles. The van der Waals surface area contributed by atoms with Crippen molar-refractivity contribution in [3.63, 3.8) is 0 Å². The maximum absolute atomic E-state index is 9.36. The summed E-state index contributed by atoms with van der Waals surface area (Å²) in [6, 6.07) is 6.06. The van der Waals surface area contributed by atoms with Crippen molar-refractivity contribution in [3.8, 4) is 11.8 Å². The predicted molar refractivity (Wildman–Crippen MR) is 72.2 cm³/mol. The number of aryl methyl sites for hydroxylation is 1. The van der Waals surface area contributed by atoms with Gasteiger partial charge in [0.2, 0.25) is 0 Å². The first-order valence-corrected chi connectivity index (χ1v) is 6.79. The van der Waals surface area contributed by atoms with Crippen molar-refractivity contribution in [1.82, 2.24) is 0 Å². The van der Waals surface area contributed by atoms with Crippen LogP contribution in [-0.2, 0) is 6.61 Å². The van der Waals surface area contributed by atoms with Gasteiger partial charge in [-0.1, -0.05) is 15.9 Å². The number of hydrogen-bond donors (Lipinski definition) is 1. The van der Waals surface area contributed by atoms with Gasteiger partial charge in [0.1, 0.15) is 5.75 Å². The molecule has 0 aromatic heterocycles. The molecule has 0 spiro atoms. The van der Waals surface area contributed by atoms with Gasteiger partial charge in [-0.15, -0.1) is 0 Å². The van der Waals surface area contributed by atoms with Crippen molar-refractivity contribution in [2.24, 2.45) is 5.41 Å². The van der Waals surface area contributed by atoms with Gasteiger partial charge in [0.15, 0.2) is 0 Å². The van der Waals surface area contributed by atoms with E-state index in [9.17, 15) is 5.11 Å². The molecule has 0 amide bonds. The lowest BCUT2D eigenvalue weighted by Gasteiger charge is -2.17. The molecule has 1 aromatic carbocycles. The number of ether oxygens (including phenoxy) is 1. The Morgan fingerprint density at radius 2 is 2.22 bits per heavy atom. The van der Waals surface area contributed by atoms with Crippen LogP contribution in [0.15, 0.2) is 16.6 Å². The number of nitriles is 1. The predicted octanol–water partition coefficient (Wildman–Crippen LogP) is 3.32. The van der Waals surface area contributed by atoms with Crippen molar-refractivity contribution < 1.29 is 9.84 Å². The van der Waals surface area contributed by atoms with Crippen LogP contribution in [0.25, 0.3) is 0 Å². The lowest BCUT2D eigenvalue weighted by molar-refractivity contribution is 0.222. The Bertz CT molecular complexity index is 489. The Labute approximate surface area is 116 Å². The lowest BCUT2D eigenvalue weighted by Crippen LogP contribution is -2.14. The first-order valence-electron chi connectivity index (χ1n) is 6.00. The zero-order valence-electron chi connectivity index (χ0n) is 10.4. The largest absolute Gasteiger partial charge is 0.492 e. The van der Waals surface area contributed by atoms with E-state index in [1.807, 2.05) is 19.1 Å². The van der Waals surface area contributed by atoms with Gasteiger partial charge in [-0.25, -0.2) is 0 Å². The second-order valence-corrected chi connectivity index (χ2v) is 5.91. The monoisotopic (exact) mass is 309 g/mol. The van der Waals surface area contributed by atoms with Crippen LogP contribution in [0.3, 0.4) is 0 Å². The zero-order valence-corrected chi connectivity index (χ0v) is 12.0. The molecule has 0 radical (unpaired) electrons. The van der Waals surface area contributed by atoms with Crippen LogP contribution in [-0.4, -0.2) is 11.7 Å². The minimum atomic E-state index is -0.0408. The molecule has 0 saturated heterocycles. The topological polar surface area (TPSA) is 53.2 Å². The van der Waals surface area contributed by atoms with Crippen molar-refractivity contribution >= 4 is 15.9 Å². The van der Waals surface area contributed by atoms with Crippen LogP contribution in [0.5, 0.6) is 5.75 Å². The smallest absolute Gasteiger partial charge is 0.127 e. The Morgan fingerprint density at radius 1 is 1.50 bits per heavy atom. The summed E-state index contributed by atoms with van der Waals surface area (Å²) in [4.78, 5) is 0. The van der Waals surface area contributed by atoms with E-state index in [1.165, 1.54) is 0 Å². The number of nitrogens with zero attached hydrogens (tertiary/aromatic N) is 1. The molecule has 1 saturated carbocycles. The SMILES string of the molecule is Cc1cc(Br)cc(CO)c1OCC1(CC#N)CC1. The highest BCUT2D eigenvalue weighted by molar-refractivity contribution is 9.10. The Hall–Kier alpha value is -1.05. The van der Waals surface area contributed by atoms with E-state index in [0.717, 1.165) is 34.2 Å². The van der Waals surface area contributed by atoms with Crippen molar-refractivity contribution in [1.29, 1.82) is 5.26 Å². The van der Waals surface area contributed by atoms with E-state index in [2.05, 4.69) is 22.0 Å². The summed E-state index contributed by atoms with van der Waals surface area (Å²) in [6.45, 7) is 2.49. The van der Waals surface area contributed by atoms with E-state index in [1.54, 1.807) is 0 Å².